The second kappa shape index (κ2) is 6.74. The van der Waals surface area contributed by atoms with Crippen LogP contribution in [-0.2, 0) is 0 Å². The highest BCUT2D eigenvalue weighted by Crippen LogP contribution is 2.29. The highest BCUT2D eigenvalue weighted by molar-refractivity contribution is 5.80. The minimum atomic E-state index is 0.319. The van der Waals surface area contributed by atoms with E-state index < -0.39 is 0 Å². The lowest BCUT2D eigenvalue weighted by molar-refractivity contribution is 0.315. The van der Waals surface area contributed by atoms with Crippen LogP contribution in [0.4, 0.5) is 0 Å². The lowest BCUT2D eigenvalue weighted by Gasteiger charge is -2.19. The third kappa shape index (κ3) is 4.39. The summed E-state index contributed by atoms with van der Waals surface area (Å²) in [6, 6.07) is 0.340. The van der Waals surface area contributed by atoms with Crippen LogP contribution in [0.3, 0.4) is 0 Å². The van der Waals surface area contributed by atoms with Crippen molar-refractivity contribution in [3.63, 3.8) is 0 Å². The zero-order valence-electron chi connectivity index (χ0n) is 10.4. The van der Waals surface area contributed by atoms with Gasteiger partial charge in [-0.25, -0.2) is 0 Å². The average Bonchev–Trinajstić information content (AvgIpc) is 2.69. The summed E-state index contributed by atoms with van der Waals surface area (Å²) in [6.07, 6.45) is 5.69. The molecule has 4 nitrogen and oxygen atoms in total. The van der Waals surface area contributed by atoms with Crippen LogP contribution in [-0.4, -0.2) is 23.6 Å². The van der Waals surface area contributed by atoms with Gasteiger partial charge >= 0.3 is 0 Å². The Kier molecular flexibility index (Phi) is 5.60. The summed E-state index contributed by atoms with van der Waals surface area (Å²) >= 11 is 0. The fraction of sp³-hybridized carbons (Fsp3) is 0.917. The first-order valence-electron chi connectivity index (χ1n) is 6.35. The molecular formula is C12H25N3O. The third-order valence-electron chi connectivity index (χ3n) is 3.58. The van der Waals surface area contributed by atoms with Crippen molar-refractivity contribution in [1.82, 2.24) is 5.32 Å². The van der Waals surface area contributed by atoms with Crippen LogP contribution in [0.25, 0.3) is 0 Å². The fourth-order valence-corrected chi connectivity index (χ4v) is 2.50. The smallest absolute Gasteiger partial charge is 0.140 e. The molecule has 0 aromatic carbocycles. The van der Waals surface area contributed by atoms with Crippen LogP contribution >= 0.6 is 0 Å². The van der Waals surface area contributed by atoms with Gasteiger partial charge < -0.3 is 16.3 Å². The number of hydrogen-bond donors (Lipinski definition) is 3. The number of oxime groups is 1. The number of nitrogens with zero attached hydrogens (tertiary/aromatic N) is 1. The normalized spacial score (nSPS) is 28.2. The molecule has 0 amide bonds. The first-order chi connectivity index (χ1) is 7.65. The first-order valence-corrected chi connectivity index (χ1v) is 6.35. The molecule has 0 aliphatic heterocycles. The minimum absolute atomic E-state index is 0.319. The predicted octanol–water partition coefficient (Wildman–Crippen LogP) is 1.93. The van der Waals surface area contributed by atoms with Crippen molar-refractivity contribution >= 4 is 5.84 Å². The van der Waals surface area contributed by atoms with E-state index in [0.29, 0.717) is 18.3 Å². The molecule has 4 heteroatoms. The third-order valence-corrected chi connectivity index (χ3v) is 3.58. The van der Waals surface area contributed by atoms with Crippen LogP contribution in [0.1, 0.15) is 46.0 Å². The van der Waals surface area contributed by atoms with Gasteiger partial charge in [-0.2, -0.15) is 0 Å². The summed E-state index contributed by atoms with van der Waals surface area (Å²) in [4.78, 5) is 0. The predicted molar refractivity (Wildman–Crippen MR) is 66.6 cm³/mol. The van der Waals surface area contributed by atoms with E-state index >= 15 is 0 Å². The maximum Gasteiger partial charge on any atom is 0.140 e. The Hall–Kier alpha value is -0.770. The number of nitrogens with two attached hydrogens (primary N) is 1. The molecule has 1 aliphatic rings. The molecule has 1 saturated carbocycles. The molecule has 3 atom stereocenters. The molecule has 0 heterocycles. The summed E-state index contributed by atoms with van der Waals surface area (Å²) in [6.45, 7) is 5.52. The second-order valence-electron chi connectivity index (χ2n) is 5.09. The molecule has 0 saturated heterocycles. The van der Waals surface area contributed by atoms with Crippen molar-refractivity contribution in [3.8, 4) is 0 Å². The van der Waals surface area contributed by atoms with Crippen molar-refractivity contribution in [1.29, 1.82) is 0 Å². The van der Waals surface area contributed by atoms with Crippen molar-refractivity contribution < 1.29 is 5.21 Å². The van der Waals surface area contributed by atoms with Gasteiger partial charge in [0.2, 0.25) is 0 Å². The Balaban J connectivity index is 2.23. The SMILES string of the molecule is CCC(CC(N)=NO)NCC1CCC(C)C1. The molecule has 0 bridgehead atoms. The Morgan fingerprint density at radius 2 is 2.31 bits per heavy atom. The Labute approximate surface area is 98.3 Å². The Morgan fingerprint density at radius 3 is 2.81 bits per heavy atom. The van der Waals surface area contributed by atoms with E-state index in [-0.39, 0.29) is 0 Å². The van der Waals surface area contributed by atoms with Gasteiger partial charge in [-0.15, -0.1) is 0 Å². The molecule has 1 fully saturated rings. The molecule has 0 spiro atoms. The maximum absolute atomic E-state index is 8.53. The highest BCUT2D eigenvalue weighted by Gasteiger charge is 2.21. The summed E-state index contributed by atoms with van der Waals surface area (Å²) in [5.41, 5.74) is 5.52. The minimum Gasteiger partial charge on any atom is -0.409 e. The summed E-state index contributed by atoms with van der Waals surface area (Å²) in [5.74, 6) is 2.02. The standard InChI is InChI=1S/C12H25N3O/c1-3-11(7-12(13)15-16)14-8-10-5-4-9(2)6-10/h9-11,14,16H,3-8H2,1-2H3,(H2,13,15). The van der Waals surface area contributed by atoms with E-state index in [2.05, 4.69) is 24.3 Å². The van der Waals surface area contributed by atoms with Gasteiger partial charge in [-0.3, -0.25) is 0 Å². The monoisotopic (exact) mass is 227 g/mol. The zero-order valence-corrected chi connectivity index (χ0v) is 10.4. The highest BCUT2D eigenvalue weighted by atomic mass is 16.4. The van der Waals surface area contributed by atoms with Gasteiger partial charge in [0.1, 0.15) is 5.84 Å². The summed E-state index contributed by atoms with van der Waals surface area (Å²) < 4.78 is 0. The topological polar surface area (TPSA) is 70.6 Å². The van der Waals surface area contributed by atoms with Crippen LogP contribution in [0.2, 0.25) is 0 Å². The quantitative estimate of drug-likeness (QED) is 0.281. The van der Waals surface area contributed by atoms with Crippen LogP contribution < -0.4 is 11.1 Å². The molecule has 4 N–H and O–H groups in total. The van der Waals surface area contributed by atoms with E-state index in [1.54, 1.807) is 0 Å². The number of hydrogen-bond acceptors (Lipinski definition) is 3. The molecule has 0 aromatic rings. The number of amidine groups is 1. The second-order valence-corrected chi connectivity index (χ2v) is 5.09. The molecule has 16 heavy (non-hydrogen) atoms. The van der Waals surface area contributed by atoms with Crippen LogP contribution in [0, 0.1) is 11.8 Å². The fourth-order valence-electron chi connectivity index (χ4n) is 2.50. The molecule has 1 aliphatic carbocycles. The number of rotatable bonds is 6. The van der Waals surface area contributed by atoms with Gasteiger partial charge in [0.05, 0.1) is 0 Å². The van der Waals surface area contributed by atoms with Gasteiger partial charge in [-0.05, 0) is 37.6 Å². The molecule has 3 unspecified atom stereocenters. The van der Waals surface area contributed by atoms with E-state index in [9.17, 15) is 0 Å². The van der Waals surface area contributed by atoms with E-state index in [0.717, 1.165) is 24.8 Å². The maximum atomic E-state index is 8.53. The van der Waals surface area contributed by atoms with Gasteiger partial charge in [0, 0.05) is 12.5 Å². The van der Waals surface area contributed by atoms with Crippen molar-refractivity contribution in [2.45, 2.75) is 52.0 Å². The van der Waals surface area contributed by atoms with Crippen LogP contribution in [0.5, 0.6) is 0 Å². The largest absolute Gasteiger partial charge is 0.409 e. The molecule has 1 rings (SSSR count). The molecular weight excluding hydrogens is 202 g/mol. The van der Waals surface area contributed by atoms with Crippen molar-refractivity contribution in [2.75, 3.05) is 6.54 Å². The van der Waals surface area contributed by atoms with Gasteiger partial charge in [0.15, 0.2) is 0 Å². The Morgan fingerprint density at radius 1 is 1.56 bits per heavy atom. The van der Waals surface area contributed by atoms with Gasteiger partial charge in [0.25, 0.3) is 0 Å². The average molecular weight is 227 g/mol. The lowest BCUT2D eigenvalue weighted by Crippen LogP contribution is -2.35. The molecule has 94 valence electrons. The number of nitrogens with one attached hydrogen (secondary N) is 1. The van der Waals surface area contributed by atoms with Crippen LogP contribution in [0.15, 0.2) is 5.16 Å². The lowest BCUT2D eigenvalue weighted by atomic mass is 10.0. The summed E-state index contributed by atoms with van der Waals surface area (Å²) in [7, 11) is 0. The van der Waals surface area contributed by atoms with Crippen molar-refractivity contribution in [2.24, 2.45) is 22.7 Å². The first kappa shape index (κ1) is 13.3. The van der Waals surface area contributed by atoms with Crippen molar-refractivity contribution in [3.05, 3.63) is 0 Å². The van der Waals surface area contributed by atoms with E-state index in [1.807, 2.05) is 0 Å². The van der Waals surface area contributed by atoms with Gasteiger partial charge in [-0.1, -0.05) is 25.4 Å². The molecule has 0 radical (unpaired) electrons. The van der Waals surface area contributed by atoms with E-state index in [4.69, 9.17) is 10.9 Å². The zero-order chi connectivity index (χ0) is 12.0. The molecule has 0 aromatic heterocycles. The Bertz CT molecular complexity index is 230. The van der Waals surface area contributed by atoms with E-state index in [1.165, 1.54) is 19.3 Å². The summed E-state index contributed by atoms with van der Waals surface area (Å²) in [5, 5.41) is 15.1.